The topological polar surface area (TPSA) is 107 Å². The van der Waals surface area contributed by atoms with E-state index < -0.39 is 0 Å². The SMILES string of the molecule is COc1cc(NC(=O)CCCN)ccc1NC(=O)c1ccco1. The molecule has 0 spiro atoms. The highest BCUT2D eigenvalue weighted by atomic mass is 16.5. The van der Waals surface area contributed by atoms with Gasteiger partial charge in [-0.3, -0.25) is 9.59 Å². The number of nitrogens with one attached hydrogen (secondary N) is 2. The molecule has 0 saturated heterocycles. The average Bonchev–Trinajstić information content (AvgIpc) is 3.08. The highest BCUT2D eigenvalue weighted by molar-refractivity contribution is 6.03. The molecule has 7 heteroatoms. The third-order valence-electron chi connectivity index (χ3n) is 3.09. The number of hydrogen-bond donors (Lipinski definition) is 3. The van der Waals surface area contributed by atoms with Crippen molar-refractivity contribution in [3.8, 4) is 5.75 Å². The number of hydrogen-bond acceptors (Lipinski definition) is 5. The largest absolute Gasteiger partial charge is 0.494 e. The van der Waals surface area contributed by atoms with Gasteiger partial charge in [0.05, 0.1) is 19.1 Å². The van der Waals surface area contributed by atoms with E-state index in [2.05, 4.69) is 10.6 Å². The highest BCUT2D eigenvalue weighted by Gasteiger charge is 2.13. The molecule has 0 radical (unpaired) electrons. The van der Waals surface area contributed by atoms with E-state index in [0.717, 1.165) is 0 Å². The van der Waals surface area contributed by atoms with Crippen LogP contribution < -0.4 is 21.1 Å². The van der Waals surface area contributed by atoms with Gasteiger partial charge in [0.2, 0.25) is 5.91 Å². The number of carbonyl (C=O) groups is 2. The maximum absolute atomic E-state index is 12.0. The Morgan fingerprint density at radius 1 is 1.26 bits per heavy atom. The monoisotopic (exact) mass is 317 g/mol. The summed E-state index contributed by atoms with van der Waals surface area (Å²) < 4.78 is 10.3. The van der Waals surface area contributed by atoms with Crippen LogP contribution in [0.5, 0.6) is 5.75 Å². The number of carbonyl (C=O) groups excluding carboxylic acids is 2. The predicted octanol–water partition coefficient (Wildman–Crippen LogP) is 2.22. The van der Waals surface area contributed by atoms with Gasteiger partial charge >= 0.3 is 0 Å². The van der Waals surface area contributed by atoms with Crippen molar-refractivity contribution in [3.63, 3.8) is 0 Å². The number of anilines is 2. The van der Waals surface area contributed by atoms with Crippen LogP contribution >= 0.6 is 0 Å². The van der Waals surface area contributed by atoms with E-state index in [1.165, 1.54) is 13.4 Å². The smallest absolute Gasteiger partial charge is 0.291 e. The Kier molecular flexibility index (Phi) is 5.76. The predicted molar refractivity (Wildman–Crippen MR) is 86.6 cm³/mol. The van der Waals surface area contributed by atoms with Gasteiger partial charge in [-0.05, 0) is 37.2 Å². The van der Waals surface area contributed by atoms with Crippen LogP contribution in [0.15, 0.2) is 41.0 Å². The van der Waals surface area contributed by atoms with Crippen molar-refractivity contribution in [1.82, 2.24) is 0 Å². The summed E-state index contributed by atoms with van der Waals surface area (Å²) in [5.41, 5.74) is 6.44. The summed E-state index contributed by atoms with van der Waals surface area (Å²) in [6.45, 7) is 0.467. The van der Waals surface area contributed by atoms with Crippen molar-refractivity contribution in [3.05, 3.63) is 42.4 Å². The quantitative estimate of drug-likeness (QED) is 0.726. The van der Waals surface area contributed by atoms with E-state index in [1.807, 2.05) is 0 Å². The van der Waals surface area contributed by atoms with Gasteiger partial charge in [-0.15, -0.1) is 0 Å². The number of furan rings is 1. The highest BCUT2D eigenvalue weighted by Crippen LogP contribution is 2.28. The molecule has 0 atom stereocenters. The van der Waals surface area contributed by atoms with Crippen molar-refractivity contribution < 1.29 is 18.7 Å². The second kappa shape index (κ2) is 8.00. The number of methoxy groups -OCH3 is 1. The Labute approximate surface area is 133 Å². The fourth-order valence-electron chi connectivity index (χ4n) is 1.95. The molecule has 122 valence electrons. The summed E-state index contributed by atoms with van der Waals surface area (Å²) in [4.78, 5) is 23.7. The fraction of sp³-hybridized carbons (Fsp3) is 0.250. The van der Waals surface area contributed by atoms with Crippen molar-refractivity contribution >= 4 is 23.2 Å². The first-order valence-electron chi connectivity index (χ1n) is 7.17. The second-order valence-electron chi connectivity index (χ2n) is 4.79. The molecular weight excluding hydrogens is 298 g/mol. The van der Waals surface area contributed by atoms with Crippen LogP contribution in [-0.4, -0.2) is 25.5 Å². The Morgan fingerprint density at radius 3 is 2.74 bits per heavy atom. The van der Waals surface area contributed by atoms with Gasteiger partial charge in [0.25, 0.3) is 5.91 Å². The summed E-state index contributed by atoms with van der Waals surface area (Å²) in [5.74, 6) is 0.130. The maximum atomic E-state index is 12.0. The van der Waals surface area contributed by atoms with Gasteiger partial charge in [0, 0.05) is 18.2 Å². The van der Waals surface area contributed by atoms with Gasteiger partial charge in [0.15, 0.2) is 5.76 Å². The van der Waals surface area contributed by atoms with Crippen LogP contribution in [0.3, 0.4) is 0 Å². The molecule has 0 bridgehead atoms. The van der Waals surface area contributed by atoms with Crippen LogP contribution in [0.2, 0.25) is 0 Å². The molecule has 0 aliphatic rings. The van der Waals surface area contributed by atoms with E-state index in [4.69, 9.17) is 14.9 Å². The van der Waals surface area contributed by atoms with Crippen molar-refractivity contribution in [1.29, 1.82) is 0 Å². The Hall–Kier alpha value is -2.80. The lowest BCUT2D eigenvalue weighted by Crippen LogP contribution is -2.14. The van der Waals surface area contributed by atoms with Crippen LogP contribution in [0.1, 0.15) is 23.4 Å². The molecule has 7 nitrogen and oxygen atoms in total. The molecule has 2 amide bonds. The summed E-state index contributed by atoms with van der Waals surface area (Å²) >= 11 is 0. The van der Waals surface area contributed by atoms with E-state index in [-0.39, 0.29) is 17.6 Å². The lowest BCUT2D eigenvalue weighted by Gasteiger charge is -2.12. The second-order valence-corrected chi connectivity index (χ2v) is 4.79. The Morgan fingerprint density at radius 2 is 2.09 bits per heavy atom. The summed E-state index contributed by atoms with van der Waals surface area (Å²) in [7, 11) is 1.48. The molecule has 0 fully saturated rings. The fourth-order valence-corrected chi connectivity index (χ4v) is 1.95. The van der Waals surface area contributed by atoms with E-state index >= 15 is 0 Å². The molecule has 0 aliphatic heterocycles. The molecule has 1 heterocycles. The summed E-state index contributed by atoms with van der Waals surface area (Å²) in [6.07, 6.45) is 2.40. The number of amides is 2. The zero-order valence-electron chi connectivity index (χ0n) is 12.8. The molecule has 2 rings (SSSR count). The summed E-state index contributed by atoms with van der Waals surface area (Å²) in [5, 5.41) is 5.45. The normalized spacial score (nSPS) is 10.2. The Bertz CT molecular complexity index is 668. The van der Waals surface area contributed by atoms with Gasteiger partial charge < -0.3 is 25.5 Å². The first kappa shape index (κ1) is 16.6. The van der Waals surface area contributed by atoms with Crippen LogP contribution in [0, 0.1) is 0 Å². The standard InChI is InChI=1S/C16H19N3O4/c1-22-14-10-11(18-15(20)5-2-8-17)6-7-12(14)19-16(21)13-4-3-9-23-13/h3-4,6-7,9-10H,2,5,8,17H2,1H3,(H,18,20)(H,19,21). The maximum Gasteiger partial charge on any atom is 0.291 e. The van der Waals surface area contributed by atoms with E-state index in [0.29, 0.717) is 36.5 Å². The lowest BCUT2D eigenvalue weighted by atomic mass is 10.2. The minimum Gasteiger partial charge on any atom is -0.494 e. The van der Waals surface area contributed by atoms with Gasteiger partial charge in [0.1, 0.15) is 5.75 Å². The molecule has 1 aromatic carbocycles. The lowest BCUT2D eigenvalue weighted by molar-refractivity contribution is -0.116. The number of ether oxygens (including phenoxy) is 1. The molecule has 0 saturated carbocycles. The third-order valence-corrected chi connectivity index (χ3v) is 3.09. The first-order valence-corrected chi connectivity index (χ1v) is 7.17. The zero-order valence-corrected chi connectivity index (χ0v) is 12.8. The van der Waals surface area contributed by atoms with Crippen molar-refractivity contribution in [2.75, 3.05) is 24.3 Å². The number of benzene rings is 1. The minimum absolute atomic E-state index is 0.120. The zero-order chi connectivity index (χ0) is 16.7. The van der Waals surface area contributed by atoms with Crippen molar-refractivity contribution in [2.24, 2.45) is 5.73 Å². The molecule has 0 aliphatic carbocycles. The van der Waals surface area contributed by atoms with Crippen LogP contribution in [0.25, 0.3) is 0 Å². The summed E-state index contributed by atoms with van der Waals surface area (Å²) in [6, 6.07) is 8.16. The molecule has 4 N–H and O–H groups in total. The number of rotatable bonds is 7. The van der Waals surface area contributed by atoms with Crippen molar-refractivity contribution in [2.45, 2.75) is 12.8 Å². The molecule has 1 aromatic heterocycles. The average molecular weight is 317 g/mol. The van der Waals surface area contributed by atoms with Gasteiger partial charge in [-0.25, -0.2) is 0 Å². The van der Waals surface area contributed by atoms with Crippen LogP contribution in [-0.2, 0) is 4.79 Å². The van der Waals surface area contributed by atoms with E-state index in [9.17, 15) is 9.59 Å². The van der Waals surface area contributed by atoms with Gasteiger partial charge in [-0.1, -0.05) is 0 Å². The molecule has 23 heavy (non-hydrogen) atoms. The molecule has 0 unspecified atom stereocenters. The first-order chi connectivity index (χ1) is 11.1. The molecular formula is C16H19N3O4. The Balaban J connectivity index is 2.07. The van der Waals surface area contributed by atoms with E-state index in [1.54, 1.807) is 30.3 Å². The minimum atomic E-state index is -0.381. The van der Waals surface area contributed by atoms with Gasteiger partial charge in [-0.2, -0.15) is 0 Å². The molecule has 2 aromatic rings. The number of nitrogens with two attached hydrogens (primary N) is 1. The third kappa shape index (κ3) is 4.58. The van der Waals surface area contributed by atoms with Crippen LogP contribution in [0.4, 0.5) is 11.4 Å².